The van der Waals surface area contributed by atoms with E-state index < -0.39 is 15.9 Å². The van der Waals surface area contributed by atoms with Gasteiger partial charge in [0.05, 0.1) is 33.5 Å². The fourth-order valence-electron chi connectivity index (χ4n) is 2.85. The van der Waals surface area contributed by atoms with Crippen molar-refractivity contribution in [1.29, 1.82) is 0 Å². The molecule has 0 fully saturated rings. The molecule has 1 heterocycles. The number of carbonyl (C=O) groups is 1. The molecule has 0 bridgehead atoms. The van der Waals surface area contributed by atoms with Crippen LogP contribution in [0.2, 0.25) is 5.02 Å². The SMILES string of the molecule is COc1ccc(S(=O)(=O)Nc2ccccc2C(=O)Nc2nc3ccc(Cl)cc3s2)cc1. The Morgan fingerprint density at radius 1 is 1.06 bits per heavy atom. The van der Waals surface area contributed by atoms with E-state index in [4.69, 9.17) is 16.3 Å². The van der Waals surface area contributed by atoms with Crippen LogP contribution in [0.5, 0.6) is 5.75 Å². The van der Waals surface area contributed by atoms with Crippen LogP contribution in [0.25, 0.3) is 10.2 Å². The van der Waals surface area contributed by atoms with Crippen molar-refractivity contribution in [3.8, 4) is 5.75 Å². The molecule has 1 amide bonds. The lowest BCUT2D eigenvalue weighted by atomic mass is 10.2. The predicted molar refractivity (Wildman–Crippen MR) is 123 cm³/mol. The van der Waals surface area contributed by atoms with E-state index in [0.717, 1.165) is 4.70 Å². The van der Waals surface area contributed by atoms with Crippen molar-refractivity contribution in [2.75, 3.05) is 17.1 Å². The number of ether oxygens (including phenoxy) is 1. The number of nitrogens with zero attached hydrogens (tertiary/aromatic N) is 1. The number of anilines is 2. The molecule has 0 aliphatic rings. The second kappa shape index (κ2) is 8.54. The first-order valence-electron chi connectivity index (χ1n) is 8.99. The zero-order chi connectivity index (χ0) is 22.0. The van der Waals surface area contributed by atoms with E-state index in [1.807, 2.05) is 0 Å². The van der Waals surface area contributed by atoms with E-state index in [1.165, 1.54) is 42.7 Å². The third-order valence-corrected chi connectivity index (χ3v) is 6.91. The van der Waals surface area contributed by atoms with Gasteiger partial charge in [-0.3, -0.25) is 14.8 Å². The van der Waals surface area contributed by atoms with E-state index >= 15 is 0 Å². The van der Waals surface area contributed by atoms with Crippen LogP contribution in [-0.2, 0) is 10.0 Å². The third-order valence-electron chi connectivity index (χ3n) is 4.36. The van der Waals surface area contributed by atoms with Gasteiger partial charge in [-0.25, -0.2) is 13.4 Å². The predicted octanol–water partition coefficient (Wildman–Crippen LogP) is 5.01. The molecule has 0 aliphatic carbocycles. The van der Waals surface area contributed by atoms with Gasteiger partial charge in [-0.15, -0.1) is 0 Å². The highest BCUT2D eigenvalue weighted by Gasteiger charge is 2.19. The number of hydrogen-bond acceptors (Lipinski definition) is 6. The maximum Gasteiger partial charge on any atom is 0.261 e. The summed E-state index contributed by atoms with van der Waals surface area (Å²) in [6.45, 7) is 0. The Morgan fingerprint density at radius 3 is 2.55 bits per heavy atom. The summed E-state index contributed by atoms with van der Waals surface area (Å²) < 4.78 is 33.9. The van der Waals surface area contributed by atoms with Crippen molar-refractivity contribution in [2.45, 2.75) is 4.90 Å². The number of aromatic nitrogens is 1. The van der Waals surface area contributed by atoms with Gasteiger partial charge in [-0.2, -0.15) is 0 Å². The monoisotopic (exact) mass is 473 g/mol. The van der Waals surface area contributed by atoms with Crippen LogP contribution in [0.4, 0.5) is 10.8 Å². The van der Waals surface area contributed by atoms with Crippen LogP contribution in [0, 0.1) is 0 Å². The number of amides is 1. The number of carbonyl (C=O) groups excluding carboxylic acids is 1. The first kappa shape index (κ1) is 21.1. The van der Waals surface area contributed by atoms with Gasteiger partial charge in [0.2, 0.25) is 0 Å². The van der Waals surface area contributed by atoms with E-state index in [-0.39, 0.29) is 16.1 Å². The van der Waals surface area contributed by atoms with Gasteiger partial charge in [0, 0.05) is 5.02 Å². The molecule has 1 aromatic heterocycles. The van der Waals surface area contributed by atoms with Crippen molar-refractivity contribution < 1.29 is 17.9 Å². The number of fused-ring (bicyclic) bond motifs is 1. The Morgan fingerprint density at radius 2 is 1.81 bits per heavy atom. The van der Waals surface area contributed by atoms with Crippen LogP contribution >= 0.6 is 22.9 Å². The number of benzene rings is 3. The van der Waals surface area contributed by atoms with Gasteiger partial charge in [0.25, 0.3) is 15.9 Å². The topological polar surface area (TPSA) is 97.4 Å². The van der Waals surface area contributed by atoms with Crippen molar-refractivity contribution in [3.63, 3.8) is 0 Å². The highest BCUT2D eigenvalue weighted by Crippen LogP contribution is 2.29. The number of nitrogens with one attached hydrogen (secondary N) is 2. The molecule has 10 heteroatoms. The lowest BCUT2D eigenvalue weighted by Crippen LogP contribution is -2.18. The maximum atomic E-state index is 12.9. The second-order valence-corrected chi connectivity index (χ2v) is 9.56. The largest absolute Gasteiger partial charge is 0.497 e. The summed E-state index contributed by atoms with van der Waals surface area (Å²) in [4.78, 5) is 17.3. The van der Waals surface area contributed by atoms with E-state index in [0.29, 0.717) is 21.4 Å². The summed E-state index contributed by atoms with van der Waals surface area (Å²) >= 11 is 7.27. The highest BCUT2D eigenvalue weighted by molar-refractivity contribution is 7.92. The molecule has 0 aliphatic heterocycles. The van der Waals surface area contributed by atoms with E-state index in [2.05, 4.69) is 15.0 Å². The van der Waals surface area contributed by atoms with Crippen molar-refractivity contribution in [2.24, 2.45) is 0 Å². The summed E-state index contributed by atoms with van der Waals surface area (Å²) in [5, 5.41) is 3.68. The van der Waals surface area contributed by atoms with Crippen LogP contribution in [0.3, 0.4) is 0 Å². The number of sulfonamides is 1. The molecule has 4 aromatic rings. The minimum Gasteiger partial charge on any atom is -0.497 e. The molecular weight excluding hydrogens is 458 g/mol. The lowest BCUT2D eigenvalue weighted by molar-refractivity contribution is 0.102. The first-order chi connectivity index (χ1) is 14.9. The zero-order valence-electron chi connectivity index (χ0n) is 16.1. The highest BCUT2D eigenvalue weighted by atomic mass is 35.5. The van der Waals surface area contributed by atoms with Gasteiger partial charge < -0.3 is 4.74 Å². The van der Waals surface area contributed by atoms with Crippen LogP contribution in [-0.4, -0.2) is 26.4 Å². The smallest absolute Gasteiger partial charge is 0.261 e. The van der Waals surface area contributed by atoms with Crippen molar-refractivity contribution in [1.82, 2.24) is 4.98 Å². The molecule has 0 unspecified atom stereocenters. The molecule has 2 N–H and O–H groups in total. The molecule has 0 atom stereocenters. The Bertz CT molecular complexity index is 1370. The molecule has 7 nitrogen and oxygen atoms in total. The Balaban J connectivity index is 1.59. The van der Waals surface area contributed by atoms with Gasteiger partial charge in [-0.05, 0) is 54.6 Å². The molecule has 4 rings (SSSR count). The molecule has 0 spiro atoms. The van der Waals surface area contributed by atoms with Crippen LogP contribution in [0.1, 0.15) is 10.4 Å². The van der Waals surface area contributed by atoms with E-state index in [9.17, 15) is 13.2 Å². The maximum absolute atomic E-state index is 12.9. The minimum absolute atomic E-state index is 0.0477. The molecule has 0 radical (unpaired) electrons. The molecule has 0 saturated heterocycles. The Kier molecular flexibility index (Phi) is 5.81. The first-order valence-corrected chi connectivity index (χ1v) is 11.7. The summed E-state index contributed by atoms with van der Waals surface area (Å²) in [7, 11) is -2.41. The number of para-hydroxylation sites is 1. The van der Waals surface area contributed by atoms with Gasteiger partial charge >= 0.3 is 0 Å². The van der Waals surface area contributed by atoms with Crippen molar-refractivity contribution in [3.05, 3.63) is 77.3 Å². The standard InChI is InChI=1S/C21H16ClN3O4S2/c1-29-14-7-9-15(10-8-14)31(27,28)25-17-5-3-2-4-16(17)20(26)24-21-23-18-11-6-13(22)12-19(18)30-21/h2-12,25H,1H3,(H,23,24,26). The number of halogens is 1. The fourth-order valence-corrected chi connectivity index (χ4v) is 5.06. The quantitative estimate of drug-likeness (QED) is 0.410. The number of methoxy groups -OCH3 is 1. The lowest BCUT2D eigenvalue weighted by Gasteiger charge is -2.12. The molecular formula is C21H16ClN3O4S2. The van der Waals surface area contributed by atoms with Crippen LogP contribution < -0.4 is 14.8 Å². The van der Waals surface area contributed by atoms with Gasteiger partial charge in [0.1, 0.15) is 5.75 Å². The average Bonchev–Trinajstić information content (AvgIpc) is 3.15. The van der Waals surface area contributed by atoms with Gasteiger partial charge in [-0.1, -0.05) is 35.1 Å². The van der Waals surface area contributed by atoms with E-state index in [1.54, 1.807) is 42.5 Å². The minimum atomic E-state index is -3.91. The third kappa shape index (κ3) is 4.63. The molecule has 3 aromatic carbocycles. The fraction of sp³-hybridized carbons (Fsp3) is 0.0476. The average molecular weight is 474 g/mol. The second-order valence-electron chi connectivity index (χ2n) is 6.41. The molecule has 31 heavy (non-hydrogen) atoms. The van der Waals surface area contributed by atoms with Gasteiger partial charge in [0.15, 0.2) is 5.13 Å². The van der Waals surface area contributed by atoms with Crippen LogP contribution in [0.15, 0.2) is 71.6 Å². The summed E-state index contributed by atoms with van der Waals surface area (Å²) in [6, 6.07) is 17.5. The zero-order valence-corrected chi connectivity index (χ0v) is 18.5. The molecule has 0 saturated carbocycles. The molecule has 158 valence electrons. The number of thiazole rings is 1. The Labute approximate surface area is 187 Å². The number of hydrogen-bond donors (Lipinski definition) is 2. The Hall–Kier alpha value is -3.14. The van der Waals surface area contributed by atoms with Crippen molar-refractivity contribution >= 4 is 59.9 Å². The number of rotatable bonds is 6. The summed E-state index contributed by atoms with van der Waals surface area (Å²) in [6.07, 6.45) is 0. The summed E-state index contributed by atoms with van der Waals surface area (Å²) in [5.74, 6) is 0.0500. The summed E-state index contributed by atoms with van der Waals surface area (Å²) in [5.41, 5.74) is 1.02. The normalized spacial score (nSPS) is 11.3.